The third kappa shape index (κ3) is 3.90. The first-order valence-corrected chi connectivity index (χ1v) is 10.6. The largest absolute Gasteiger partial charge is 0.321 e. The van der Waals surface area contributed by atoms with Crippen LogP contribution in [0.4, 0.5) is 11.4 Å². The standard InChI is InChI=1S/C25H23BrN2O2/c1-25(2,3)18-10-8-16(9-11-18)23(29)27-22-13-12-19(14-21(22)26)28-15-17-6-4-5-7-20(17)24(28)30/h4-14H,15H2,1-3H3,(H,27,29). The minimum Gasteiger partial charge on any atom is -0.321 e. The quantitative estimate of drug-likeness (QED) is 0.506. The van der Waals surface area contributed by atoms with E-state index in [1.165, 1.54) is 5.56 Å². The Labute approximate surface area is 185 Å². The summed E-state index contributed by atoms with van der Waals surface area (Å²) in [4.78, 5) is 27.1. The fourth-order valence-corrected chi connectivity index (χ4v) is 4.02. The van der Waals surface area contributed by atoms with Crippen LogP contribution in [0.1, 0.15) is 52.6 Å². The molecule has 3 aromatic rings. The topological polar surface area (TPSA) is 49.4 Å². The van der Waals surface area contributed by atoms with Crippen LogP contribution in [0.15, 0.2) is 71.2 Å². The van der Waals surface area contributed by atoms with E-state index in [0.717, 1.165) is 21.3 Å². The lowest BCUT2D eigenvalue weighted by atomic mass is 9.87. The van der Waals surface area contributed by atoms with Crippen molar-refractivity contribution in [3.05, 3.63) is 93.5 Å². The summed E-state index contributed by atoms with van der Waals surface area (Å²) in [6.07, 6.45) is 0. The highest BCUT2D eigenvalue weighted by molar-refractivity contribution is 9.10. The molecule has 1 heterocycles. The van der Waals surface area contributed by atoms with Crippen LogP contribution in [-0.2, 0) is 12.0 Å². The molecule has 0 fully saturated rings. The van der Waals surface area contributed by atoms with Gasteiger partial charge in [-0.3, -0.25) is 9.59 Å². The van der Waals surface area contributed by atoms with Crippen molar-refractivity contribution in [2.24, 2.45) is 0 Å². The van der Waals surface area contributed by atoms with Crippen LogP contribution < -0.4 is 10.2 Å². The number of rotatable bonds is 3. The molecule has 4 rings (SSSR count). The highest BCUT2D eigenvalue weighted by Crippen LogP contribution is 2.33. The highest BCUT2D eigenvalue weighted by Gasteiger charge is 2.28. The van der Waals surface area contributed by atoms with Crippen molar-refractivity contribution in [1.82, 2.24) is 0 Å². The number of carbonyl (C=O) groups is 2. The van der Waals surface area contributed by atoms with Crippen molar-refractivity contribution >= 4 is 39.1 Å². The predicted octanol–water partition coefficient (Wildman–Crippen LogP) is 6.16. The molecule has 2 amide bonds. The van der Waals surface area contributed by atoms with Crippen molar-refractivity contribution in [2.45, 2.75) is 32.7 Å². The Morgan fingerprint density at radius 2 is 1.70 bits per heavy atom. The van der Waals surface area contributed by atoms with Crippen LogP contribution in [0.3, 0.4) is 0 Å². The Hall–Kier alpha value is -2.92. The second-order valence-corrected chi connectivity index (χ2v) is 9.35. The summed E-state index contributed by atoms with van der Waals surface area (Å²) in [5.41, 5.74) is 5.04. The Kier molecular flexibility index (Phi) is 5.24. The molecule has 0 saturated carbocycles. The van der Waals surface area contributed by atoms with Gasteiger partial charge in [0.05, 0.1) is 12.2 Å². The lowest BCUT2D eigenvalue weighted by molar-refractivity contribution is 0.0994. The number of nitrogens with one attached hydrogen (secondary N) is 1. The number of benzene rings is 3. The Balaban J connectivity index is 1.50. The molecule has 0 radical (unpaired) electrons. The van der Waals surface area contributed by atoms with Crippen LogP contribution >= 0.6 is 15.9 Å². The van der Waals surface area contributed by atoms with Crippen LogP contribution in [-0.4, -0.2) is 11.8 Å². The van der Waals surface area contributed by atoms with Gasteiger partial charge in [-0.05, 0) is 68.9 Å². The van der Waals surface area contributed by atoms with Crippen molar-refractivity contribution < 1.29 is 9.59 Å². The molecular weight excluding hydrogens is 440 g/mol. The van der Waals surface area contributed by atoms with Gasteiger partial charge in [-0.15, -0.1) is 0 Å². The van der Waals surface area contributed by atoms with E-state index in [2.05, 4.69) is 42.0 Å². The Bertz CT molecular complexity index is 1130. The molecular formula is C25H23BrN2O2. The second kappa shape index (κ2) is 7.73. The predicted molar refractivity (Wildman–Crippen MR) is 124 cm³/mol. The van der Waals surface area contributed by atoms with Gasteiger partial charge in [0.15, 0.2) is 0 Å². The third-order valence-electron chi connectivity index (χ3n) is 5.35. The molecule has 0 unspecified atom stereocenters. The second-order valence-electron chi connectivity index (χ2n) is 8.49. The summed E-state index contributed by atoms with van der Waals surface area (Å²) in [6.45, 7) is 6.98. The zero-order chi connectivity index (χ0) is 21.5. The maximum Gasteiger partial charge on any atom is 0.258 e. The minimum atomic E-state index is -0.173. The fraction of sp³-hybridized carbons (Fsp3) is 0.200. The number of amides is 2. The molecule has 0 aromatic heterocycles. The van der Waals surface area contributed by atoms with Crippen molar-refractivity contribution in [3.63, 3.8) is 0 Å². The number of hydrogen-bond acceptors (Lipinski definition) is 2. The SMILES string of the molecule is CC(C)(C)c1ccc(C(=O)Nc2ccc(N3Cc4ccccc4C3=O)cc2Br)cc1. The van der Waals surface area contributed by atoms with E-state index in [-0.39, 0.29) is 17.2 Å². The van der Waals surface area contributed by atoms with E-state index in [1.54, 1.807) is 4.90 Å². The average Bonchev–Trinajstić information content (AvgIpc) is 3.06. The van der Waals surface area contributed by atoms with Gasteiger partial charge >= 0.3 is 0 Å². The van der Waals surface area contributed by atoms with Crippen LogP contribution in [0.2, 0.25) is 0 Å². The first-order chi connectivity index (χ1) is 14.2. The van der Waals surface area contributed by atoms with Crippen LogP contribution in [0, 0.1) is 0 Å². The lowest BCUT2D eigenvalue weighted by Crippen LogP contribution is -2.23. The summed E-state index contributed by atoms with van der Waals surface area (Å²) in [5.74, 6) is -0.179. The summed E-state index contributed by atoms with van der Waals surface area (Å²) in [6, 6.07) is 20.9. The van der Waals surface area contributed by atoms with Crippen LogP contribution in [0.5, 0.6) is 0 Å². The lowest BCUT2D eigenvalue weighted by Gasteiger charge is -2.19. The monoisotopic (exact) mass is 462 g/mol. The van der Waals surface area contributed by atoms with Gasteiger partial charge in [0.2, 0.25) is 0 Å². The normalized spacial score (nSPS) is 13.3. The first-order valence-electron chi connectivity index (χ1n) is 9.85. The molecule has 0 bridgehead atoms. The molecule has 1 aliphatic rings. The van der Waals surface area contributed by atoms with E-state index in [4.69, 9.17) is 0 Å². The summed E-state index contributed by atoms with van der Waals surface area (Å²) >= 11 is 3.54. The fourth-order valence-electron chi connectivity index (χ4n) is 3.55. The van der Waals surface area contributed by atoms with Gasteiger partial charge < -0.3 is 10.2 Å². The van der Waals surface area contributed by atoms with E-state index in [9.17, 15) is 9.59 Å². The van der Waals surface area contributed by atoms with E-state index >= 15 is 0 Å². The zero-order valence-electron chi connectivity index (χ0n) is 17.2. The molecule has 0 aliphatic carbocycles. The number of halogens is 1. The zero-order valence-corrected chi connectivity index (χ0v) is 18.8. The maximum atomic E-state index is 12.7. The van der Waals surface area contributed by atoms with Gasteiger partial charge in [0.25, 0.3) is 11.8 Å². The molecule has 30 heavy (non-hydrogen) atoms. The average molecular weight is 463 g/mol. The van der Waals surface area contributed by atoms with Crippen molar-refractivity contribution in [3.8, 4) is 0 Å². The van der Waals surface area contributed by atoms with Gasteiger partial charge in [0, 0.05) is 21.3 Å². The molecule has 0 spiro atoms. The number of nitrogens with zero attached hydrogens (tertiary/aromatic N) is 1. The van der Waals surface area contributed by atoms with Crippen molar-refractivity contribution in [1.29, 1.82) is 0 Å². The highest BCUT2D eigenvalue weighted by atomic mass is 79.9. The molecule has 4 nitrogen and oxygen atoms in total. The smallest absolute Gasteiger partial charge is 0.258 e. The summed E-state index contributed by atoms with van der Waals surface area (Å²) < 4.78 is 0.725. The van der Waals surface area contributed by atoms with Gasteiger partial charge in [-0.1, -0.05) is 51.1 Å². The molecule has 3 aromatic carbocycles. The van der Waals surface area contributed by atoms with Gasteiger partial charge in [-0.25, -0.2) is 0 Å². The number of anilines is 2. The maximum absolute atomic E-state index is 12.7. The molecule has 0 atom stereocenters. The number of hydrogen-bond donors (Lipinski definition) is 1. The number of carbonyl (C=O) groups excluding carboxylic acids is 2. The molecule has 0 saturated heterocycles. The summed E-state index contributed by atoms with van der Waals surface area (Å²) in [7, 11) is 0. The van der Waals surface area contributed by atoms with Crippen molar-refractivity contribution in [2.75, 3.05) is 10.2 Å². The molecule has 152 valence electrons. The van der Waals surface area contributed by atoms with Gasteiger partial charge in [0.1, 0.15) is 0 Å². The Morgan fingerprint density at radius 1 is 1.00 bits per heavy atom. The molecule has 5 heteroatoms. The summed E-state index contributed by atoms with van der Waals surface area (Å²) in [5, 5.41) is 2.94. The first kappa shape index (κ1) is 20.4. The third-order valence-corrected chi connectivity index (χ3v) is 6.00. The van der Waals surface area contributed by atoms with Gasteiger partial charge in [-0.2, -0.15) is 0 Å². The van der Waals surface area contributed by atoms with E-state index < -0.39 is 0 Å². The van der Waals surface area contributed by atoms with E-state index in [1.807, 2.05) is 66.7 Å². The van der Waals surface area contributed by atoms with Crippen LogP contribution in [0.25, 0.3) is 0 Å². The Morgan fingerprint density at radius 3 is 2.33 bits per heavy atom. The molecule has 1 N–H and O–H groups in total. The number of fused-ring (bicyclic) bond motifs is 1. The van der Waals surface area contributed by atoms with E-state index in [0.29, 0.717) is 17.8 Å². The minimum absolute atomic E-state index is 0.00627. The molecule has 1 aliphatic heterocycles.